The Hall–Kier alpha value is -0.920. The molecule has 0 atom stereocenters. The number of aromatic nitrogens is 2. The van der Waals surface area contributed by atoms with E-state index in [1.165, 1.54) is 0 Å². The van der Waals surface area contributed by atoms with Crippen LogP contribution in [0.4, 0.5) is 0 Å². The van der Waals surface area contributed by atoms with E-state index in [4.69, 9.17) is 5.73 Å². The lowest BCUT2D eigenvalue weighted by Crippen LogP contribution is -2.30. The highest BCUT2D eigenvalue weighted by molar-refractivity contribution is 7.89. The third-order valence-corrected chi connectivity index (χ3v) is 3.31. The molecule has 1 heterocycles. The summed E-state index contributed by atoms with van der Waals surface area (Å²) in [6.07, 6.45) is 3.92. The van der Waals surface area contributed by atoms with Crippen molar-refractivity contribution in [1.29, 1.82) is 0 Å². The topological polar surface area (TPSA) is 90.0 Å². The lowest BCUT2D eigenvalue weighted by Gasteiger charge is -2.05. The molecule has 6 nitrogen and oxygen atoms in total. The number of sulfonamides is 1. The molecule has 0 aromatic carbocycles. The number of hydrogen-bond acceptors (Lipinski definition) is 4. The molecule has 86 valence electrons. The highest BCUT2D eigenvalue weighted by Crippen LogP contribution is 1.89. The molecule has 0 saturated heterocycles. The standard InChI is InChI=1S/C8H16N4O2S/c9-3-1-8-15(13,14)11-5-7-12-6-2-4-10-12/h2,4,6,11H,1,3,5,7-9H2. The molecule has 1 aromatic heterocycles. The Balaban J connectivity index is 2.24. The number of nitrogens with zero attached hydrogens (tertiary/aromatic N) is 2. The molecule has 0 amide bonds. The molecule has 15 heavy (non-hydrogen) atoms. The third kappa shape index (κ3) is 4.91. The van der Waals surface area contributed by atoms with E-state index in [0.717, 1.165) is 0 Å². The molecule has 1 rings (SSSR count). The molecule has 0 radical (unpaired) electrons. The molecule has 0 spiro atoms. The van der Waals surface area contributed by atoms with Crippen LogP contribution in [0.2, 0.25) is 0 Å². The average Bonchev–Trinajstić information content (AvgIpc) is 2.67. The maximum absolute atomic E-state index is 11.3. The van der Waals surface area contributed by atoms with Gasteiger partial charge < -0.3 is 5.73 Å². The van der Waals surface area contributed by atoms with E-state index < -0.39 is 10.0 Å². The van der Waals surface area contributed by atoms with Gasteiger partial charge in [-0.1, -0.05) is 0 Å². The first kappa shape index (κ1) is 12.2. The first-order valence-corrected chi connectivity index (χ1v) is 6.44. The van der Waals surface area contributed by atoms with Gasteiger partial charge >= 0.3 is 0 Å². The monoisotopic (exact) mass is 232 g/mol. The van der Waals surface area contributed by atoms with Gasteiger partial charge in [0.25, 0.3) is 0 Å². The molecule has 0 unspecified atom stereocenters. The zero-order chi connectivity index (χ0) is 11.1. The van der Waals surface area contributed by atoms with Crippen molar-refractivity contribution in [2.45, 2.75) is 13.0 Å². The van der Waals surface area contributed by atoms with Crippen LogP contribution in [0, 0.1) is 0 Å². The Morgan fingerprint density at radius 3 is 2.87 bits per heavy atom. The summed E-state index contributed by atoms with van der Waals surface area (Å²) in [5.74, 6) is 0.0859. The van der Waals surface area contributed by atoms with E-state index in [2.05, 4.69) is 9.82 Å². The van der Waals surface area contributed by atoms with Gasteiger partial charge in [0.1, 0.15) is 0 Å². The second-order valence-corrected chi connectivity index (χ2v) is 5.05. The second-order valence-electron chi connectivity index (χ2n) is 3.12. The van der Waals surface area contributed by atoms with E-state index in [1.54, 1.807) is 23.1 Å². The summed E-state index contributed by atoms with van der Waals surface area (Å²) in [5, 5.41) is 3.96. The Morgan fingerprint density at radius 2 is 2.27 bits per heavy atom. The van der Waals surface area contributed by atoms with Crippen molar-refractivity contribution in [3.8, 4) is 0 Å². The normalized spacial score (nSPS) is 11.8. The molecular formula is C8H16N4O2S. The fourth-order valence-corrected chi connectivity index (χ4v) is 2.19. The first-order valence-electron chi connectivity index (χ1n) is 4.79. The van der Waals surface area contributed by atoms with Crippen molar-refractivity contribution >= 4 is 10.0 Å². The van der Waals surface area contributed by atoms with Crippen LogP contribution in [0.15, 0.2) is 18.5 Å². The minimum atomic E-state index is -3.17. The molecule has 1 aromatic rings. The fourth-order valence-electron chi connectivity index (χ4n) is 1.09. The lowest BCUT2D eigenvalue weighted by atomic mass is 10.5. The average molecular weight is 232 g/mol. The van der Waals surface area contributed by atoms with Gasteiger partial charge in [-0.15, -0.1) is 0 Å². The molecule has 0 aliphatic carbocycles. The van der Waals surface area contributed by atoms with Gasteiger partial charge in [-0.3, -0.25) is 4.68 Å². The van der Waals surface area contributed by atoms with Crippen LogP contribution in [0.5, 0.6) is 0 Å². The van der Waals surface area contributed by atoms with Crippen LogP contribution in [-0.2, 0) is 16.6 Å². The summed E-state index contributed by atoms with van der Waals surface area (Å²) >= 11 is 0. The molecule has 0 aliphatic heterocycles. The van der Waals surface area contributed by atoms with Gasteiger partial charge in [-0.05, 0) is 19.0 Å². The SMILES string of the molecule is NCCCS(=O)(=O)NCCn1cccn1. The van der Waals surface area contributed by atoms with Gasteiger partial charge in [0.05, 0.1) is 12.3 Å². The first-order chi connectivity index (χ1) is 7.14. The zero-order valence-corrected chi connectivity index (χ0v) is 9.28. The van der Waals surface area contributed by atoms with E-state index in [1.807, 2.05) is 0 Å². The van der Waals surface area contributed by atoms with Crippen LogP contribution >= 0.6 is 0 Å². The van der Waals surface area contributed by atoms with Crippen LogP contribution < -0.4 is 10.5 Å². The Kier molecular flexibility index (Phi) is 4.73. The van der Waals surface area contributed by atoms with Crippen molar-refractivity contribution in [3.63, 3.8) is 0 Å². The number of rotatable bonds is 7. The smallest absolute Gasteiger partial charge is 0.211 e. The molecule has 0 aliphatic rings. The van der Waals surface area contributed by atoms with E-state index >= 15 is 0 Å². The summed E-state index contributed by atoms with van der Waals surface area (Å²) in [7, 11) is -3.17. The maximum atomic E-state index is 11.3. The van der Waals surface area contributed by atoms with Gasteiger partial charge in [0, 0.05) is 18.9 Å². The number of nitrogens with one attached hydrogen (secondary N) is 1. The van der Waals surface area contributed by atoms with Gasteiger partial charge in [-0.2, -0.15) is 5.10 Å². The van der Waals surface area contributed by atoms with E-state index in [0.29, 0.717) is 26.1 Å². The van der Waals surface area contributed by atoms with Crippen molar-refractivity contribution in [1.82, 2.24) is 14.5 Å². The van der Waals surface area contributed by atoms with Crippen molar-refractivity contribution in [2.75, 3.05) is 18.8 Å². The quantitative estimate of drug-likeness (QED) is 0.641. The third-order valence-electron chi connectivity index (χ3n) is 1.84. The highest BCUT2D eigenvalue weighted by Gasteiger charge is 2.07. The van der Waals surface area contributed by atoms with Gasteiger partial charge in [0.2, 0.25) is 10.0 Å². The number of hydrogen-bond donors (Lipinski definition) is 2. The highest BCUT2D eigenvalue weighted by atomic mass is 32.2. The van der Waals surface area contributed by atoms with Crippen LogP contribution in [-0.4, -0.2) is 37.0 Å². The summed E-state index contributed by atoms with van der Waals surface area (Å²) in [4.78, 5) is 0. The molecular weight excluding hydrogens is 216 g/mol. The predicted molar refractivity (Wildman–Crippen MR) is 57.7 cm³/mol. The summed E-state index contributed by atoms with van der Waals surface area (Å²) < 4.78 is 26.8. The zero-order valence-electron chi connectivity index (χ0n) is 8.46. The molecule has 0 saturated carbocycles. The van der Waals surface area contributed by atoms with E-state index in [-0.39, 0.29) is 5.75 Å². The fraction of sp³-hybridized carbons (Fsp3) is 0.625. The Bertz CT molecular complexity index is 360. The Morgan fingerprint density at radius 1 is 1.47 bits per heavy atom. The van der Waals surface area contributed by atoms with Crippen LogP contribution in [0.1, 0.15) is 6.42 Å². The van der Waals surface area contributed by atoms with Crippen molar-refractivity contribution < 1.29 is 8.42 Å². The minimum Gasteiger partial charge on any atom is -0.330 e. The lowest BCUT2D eigenvalue weighted by molar-refractivity contribution is 0.559. The number of nitrogens with two attached hydrogens (primary N) is 1. The van der Waals surface area contributed by atoms with Crippen LogP contribution in [0.3, 0.4) is 0 Å². The van der Waals surface area contributed by atoms with Crippen molar-refractivity contribution in [3.05, 3.63) is 18.5 Å². The van der Waals surface area contributed by atoms with Gasteiger partial charge in [0.15, 0.2) is 0 Å². The summed E-state index contributed by atoms with van der Waals surface area (Å²) in [6.45, 7) is 1.28. The molecule has 0 fully saturated rings. The molecule has 0 bridgehead atoms. The maximum Gasteiger partial charge on any atom is 0.211 e. The molecule has 3 N–H and O–H groups in total. The van der Waals surface area contributed by atoms with Crippen molar-refractivity contribution in [2.24, 2.45) is 5.73 Å². The summed E-state index contributed by atoms with van der Waals surface area (Å²) in [5.41, 5.74) is 5.24. The second kappa shape index (κ2) is 5.84. The van der Waals surface area contributed by atoms with E-state index in [9.17, 15) is 8.42 Å². The molecule has 7 heteroatoms. The Labute approximate surface area is 89.5 Å². The van der Waals surface area contributed by atoms with Crippen LogP contribution in [0.25, 0.3) is 0 Å². The van der Waals surface area contributed by atoms with Gasteiger partial charge in [-0.25, -0.2) is 13.1 Å². The predicted octanol–water partition coefficient (Wildman–Crippen LogP) is -0.849. The largest absolute Gasteiger partial charge is 0.330 e. The summed E-state index contributed by atoms with van der Waals surface area (Å²) in [6, 6.07) is 1.79. The minimum absolute atomic E-state index is 0.0859.